The van der Waals surface area contributed by atoms with Gasteiger partial charge in [0, 0.05) is 7.05 Å². The van der Waals surface area contributed by atoms with Crippen molar-refractivity contribution in [2.45, 2.75) is 6.18 Å². The van der Waals surface area contributed by atoms with Gasteiger partial charge in [0.1, 0.15) is 5.52 Å². The molecule has 0 unspecified atom stereocenters. The minimum atomic E-state index is -4.79. The van der Waals surface area contributed by atoms with Crippen molar-refractivity contribution in [3.63, 3.8) is 0 Å². The predicted molar refractivity (Wildman–Crippen MR) is 57.0 cm³/mol. The van der Waals surface area contributed by atoms with E-state index in [0.29, 0.717) is 0 Å². The Hall–Kier alpha value is -1.56. The molecule has 7 heteroatoms. The van der Waals surface area contributed by atoms with E-state index in [1.54, 1.807) is 6.07 Å². The van der Waals surface area contributed by atoms with Crippen molar-refractivity contribution in [3.05, 3.63) is 39.3 Å². The zero-order valence-electron chi connectivity index (χ0n) is 8.55. The van der Waals surface area contributed by atoms with Crippen LogP contribution in [0.1, 0.15) is 5.69 Å². The number of nitrogens with zero attached hydrogens (tertiary/aromatic N) is 2. The number of halogens is 4. The molecular formula is C10H6ClF3N2O. The van der Waals surface area contributed by atoms with Gasteiger partial charge in [-0.1, -0.05) is 17.7 Å². The molecule has 0 fully saturated rings. The fourth-order valence-corrected chi connectivity index (χ4v) is 1.71. The zero-order chi connectivity index (χ0) is 12.8. The van der Waals surface area contributed by atoms with Crippen molar-refractivity contribution in [1.82, 2.24) is 9.55 Å². The summed E-state index contributed by atoms with van der Waals surface area (Å²) in [5.74, 6) is 0. The number of fused-ring (bicyclic) bond motifs is 1. The number of benzene rings is 1. The molecule has 17 heavy (non-hydrogen) atoms. The summed E-state index contributed by atoms with van der Waals surface area (Å²) in [6.45, 7) is 0. The first-order valence-corrected chi connectivity index (χ1v) is 4.92. The lowest BCUT2D eigenvalue weighted by Gasteiger charge is -2.10. The first-order chi connectivity index (χ1) is 7.82. The Morgan fingerprint density at radius 1 is 1.35 bits per heavy atom. The van der Waals surface area contributed by atoms with Crippen LogP contribution in [0, 0.1) is 0 Å². The molecule has 0 atom stereocenters. The first-order valence-electron chi connectivity index (χ1n) is 4.55. The lowest BCUT2D eigenvalue weighted by atomic mass is 10.2. The number of alkyl halides is 3. The lowest BCUT2D eigenvalue weighted by Crippen LogP contribution is -2.29. The molecular weight excluding hydrogens is 257 g/mol. The molecule has 0 spiro atoms. The number of para-hydroxylation sites is 1. The molecule has 1 heterocycles. The van der Waals surface area contributed by atoms with E-state index in [2.05, 4.69) is 4.98 Å². The second-order valence-electron chi connectivity index (χ2n) is 3.43. The largest absolute Gasteiger partial charge is 0.438 e. The predicted octanol–water partition coefficient (Wildman–Crippen LogP) is 2.61. The molecule has 0 aliphatic heterocycles. The van der Waals surface area contributed by atoms with Gasteiger partial charge in [0.15, 0.2) is 0 Å². The Balaban J connectivity index is 2.96. The molecule has 0 aliphatic rings. The van der Waals surface area contributed by atoms with Gasteiger partial charge in [0.2, 0.25) is 5.69 Å². The third-order valence-corrected chi connectivity index (χ3v) is 2.63. The Bertz CT molecular complexity index is 648. The maximum Gasteiger partial charge on any atom is 0.438 e. The molecule has 0 N–H and O–H groups in total. The highest BCUT2D eigenvalue weighted by atomic mass is 35.5. The highest BCUT2D eigenvalue weighted by molar-refractivity contribution is 6.34. The van der Waals surface area contributed by atoms with Gasteiger partial charge in [0.05, 0.1) is 10.5 Å². The molecule has 90 valence electrons. The SMILES string of the molecule is Cn1c(=O)c(C(F)(F)F)nc2c(Cl)cccc21. The van der Waals surface area contributed by atoms with Crippen molar-refractivity contribution in [2.24, 2.45) is 7.05 Å². The fraction of sp³-hybridized carbons (Fsp3) is 0.200. The Morgan fingerprint density at radius 3 is 2.59 bits per heavy atom. The average Bonchev–Trinajstić information content (AvgIpc) is 2.22. The minimum absolute atomic E-state index is 0.0383. The normalized spacial score (nSPS) is 12.1. The van der Waals surface area contributed by atoms with Crippen LogP contribution in [0.3, 0.4) is 0 Å². The van der Waals surface area contributed by atoms with E-state index < -0.39 is 17.4 Å². The summed E-state index contributed by atoms with van der Waals surface area (Å²) in [5.41, 5.74) is -2.42. The van der Waals surface area contributed by atoms with Gasteiger partial charge < -0.3 is 4.57 Å². The third-order valence-electron chi connectivity index (χ3n) is 2.33. The van der Waals surface area contributed by atoms with E-state index in [9.17, 15) is 18.0 Å². The summed E-state index contributed by atoms with van der Waals surface area (Å²) in [5, 5.41) is 0.0728. The number of hydrogen-bond acceptors (Lipinski definition) is 2. The quantitative estimate of drug-likeness (QED) is 0.731. The van der Waals surface area contributed by atoms with Gasteiger partial charge in [-0.2, -0.15) is 13.2 Å². The van der Waals surface area contributed by atoms with Gasteiger partial charge in [-0.3, -0.25) is 4.79 Å². The highest BCUT2D eigenvalue weighted by Crippen LogP contribution is 2.28. The van der Waals surface area contributed by atoms with Crippen LogP contribution in [0.25, 0.3) is 11.0 Å². The molecule has 0 amide bonds. The van der Waals surface area contributed by atoms with Gasteiger partial charge in [-0.05, 0) is 12.1 Å². The number of rotatable bonds is 0. The monoisotopic (exact) mass is 262 g/mol. The lowest BCUT2D eigenvalue weighted by molar-refractivity contribution is -0.142. The van der Waals surface area contributed by atoms with Gasteiger partial charge >= 0.3 is 6.18 Å². The fourth-order valence-electron chi connectivity index (χ4n) is 1.50. The molecule has 0 radical (unpaired) electrons. The van der Waals surface area contributed by atoms with Gasteiger partial charge in [-0.15, -0.1) is 0 Å². The Kier molecular flexibility index (Phi) is 2.61. The second-order valence-corrected chi connectivity index (χ2v) is 3.84. The topological polar surface area (TPSA) is 34.9 Å². The van der Waals surface area contributed by atoms with Crippen LogP contribution in [0.4, 0.5) is 13.2 Å². The summed E-state index contributed by atoms with van der Waals surface area (Å²) < 4.78 is 38.6. The van der Waals surface area contributed by atoms with Crippen LogP contribution in [0.15, 0.2) is 23.0 Å². The molecule has 0 bridgehead atoms. The second kappa shape index (κ2) is 3.73. The van der Waals surface area contributed by atoms with E-state index >= 15 is 0 Å². The number of aromatic nitrogens is 2. The van der Waals surface area contributed by atoms with Crippen LogP contribution in [0.5, 0.6) is 0 Å². The van der Waals surface area contributed by atoms with E-state index in [-0.39, 0.29) is 16.1 Å². The van der Waals surface area contributed by atoms with Crippen molar-refractivity contribution < 1.29 is 13.2 Å². The average molecular weight is 263 g/mol. The van der Waals surface area contributed by atoms with Crippen molar-refractivity contribution in [3.8, 4) is 0 Å². The maximum atomic E-state index is 12.6. The smallest absolute Gasteiger partial charge is 0.308 e. The molecule has 0 aliphatic carbocycles. The molecule has 2 aromatic rings. The zero-order valence-corrected chi connectivity index (χ0v) is 9.30. The molecule has 1 aromatic heterocycles. The Morgan fingerprint density at radius 2 is 2.00 bits per heavy atom. The summed E-state index contributed by atoms with van der Waals surface area (Å²) in [7, 11) is 1.25. The number of hydrogen-bond donors (Lipinski definition) is 0. The molecule has 1 aromatic carbocycles. The maximum absolute atomic E-state index is 12.6. The van der Waals surface area contributed by atoms with Crippen LogP contribution in [0.2, 0.25) is 5.02 Å². The summed E-state index contributed by atoms with van der Waals surface area (Å²) in [6, 6.07) is 4.44. The summed E-state index contributed by atoms with van der Waals surface area (Å²) in [6.07, 6.45) is -4.79. The third kappa shape index (κ3) is 1.88. The minimum Gasteiger partial charge on any atom is -0.308 e. The standard InChI is InChI=1S/C10H6ClF3N2O/c1-16-6-4-2-3-5(11)7(6)15-8(9(16)17)10(12,13)14/h2-4H,1H3. The Labute approximate surface area is 98.5 Å². The van der Waals surface area contributed by atoms with Crippen molar-refractivity contribution in [1.29, 1.82) is 0 Å². The van der Waals surface area contributed by atoms with Crippen LogP contribution >= 0.6 is 11.6 Å². The van der Waals surface area contributed by atoms with Crippen molar-refractivity contribution in [2.75, 3.05) is 0 Å². The van der Waals surface area contributed by atoms with E-state index in [1.807, 2.05) is 0 Å². The van der Waals surface area contributed by atoms with Crippen LogP contribution in [-0.2, 0) is 13.2 Å². The summed E-state index contributed by atoms with van der Waals surface area (Å²) in [4.78, 5) is 14.8. The molecule has 0 saturated carbocycles. The summed E-state index contributed by atoms with van der Waals surface area (Å²) >= 11 is 5.76. The first kappa shape index (κ1) is 11.9. The van der Waals surface area contributed by atoms with Gasteiger partial charge in [-0.25, -0.2) is 4.98 Å². The van der Waals surface area contributed by atoms with Crippen molar-refractivity contribution >= 4 is 22.6 Å². The van der Waals surface area contributed by atoms with Crippen LogP contribution < -0.4 is 5.56 Å². The van der Waals surface area contributed by atoms with E-state index in [1.165, 1.54) is 19.2 Å². The molecule has 3 nitrogen and oxygen atoms in total. The molecule has 2 rings (SSSR count). The molecule has 0 saturated heterocycles. The van der Waals surface area contributed by atoms with E-state index in [4.69, 9.17) is 11.6 Å². The van der Waals surface area contributed by atoms with Crippen LogP contribution in [-0.4, -0.2) is 9.55 Å². The van der Waals surface area contributed by atoms with Gasteiger partial charge in [0.25, 0.3) is 5.56 Å². The van der Waals surface area contributed by atoms with E-state index in [0.717, 1.165) is 4.57 Å². The highest BCUT2D eigenvalue weighted by Gasteiger charge is 2.37. The number of aryl methyl sites for hydroxylation is 1.